The summed E-state index contributed by atoms with van der Waals surface area (Å²) in [5, 5.41) is 0. The van der Waals surface area contributed by atoms with Crippen LogP contribution in [0.15, 0.2) is 53.4 Å². The van der Waals surface area contributed by atoms with Gasteiger partial charge in [-0.25, -0.2) is 8.42 Å². The number of amides is 1. The van der Waals surface area contributed by atoms with Crippen molar-refractivity contribution in [2.75, 3.05) is 31.1 Å². The highest BCUT2D eigenvalue weighted by Gasteiger charge is 2.26. The lowest BCUT2D eigenvalue weighted by molar-refractivity contribution is 0.0976. The minimum atomic E-state index is -3.53. The molecule has 26 heavy (non-hydrogen) atoms. The first kappa shape index (κ1) is 18.4. The molecule has 0 radical (unpaired) electrons. The van der Waals surface area contributed by atoms with E-state index in [2.05, 4.69) is 0 Å². The van der Waals surface area contributed by atoms with E-state index in [1.54, 1.807) is 30.9 Å². The number of carbonyl (C=O) groups excluding carboxylic acids is 1. The van der Waals surface area contributed by atoms with Crippen molar-refractivity contribution in [2.24, 2.45) is 0 Å². The average molecular weight is 374 g/mol. The number of anilines is 1. The SMILES string of the molecule is CCN(CC)S(=O)(=O)c1ccc(C(=O)N2CCOc3ccccc32)cc1. The van der Waals surface area contributed by atoms with Gasteiger partial charge >= 0.3 is 0 Å². The lowest BCUT2D eigenvalue weighted by atomic mass is 10.1. The molecule has 1 heterocycles. The minimum Gasteiger partial charge on any atom is -0.490 e. The second-order valence-electron chi connectivity index (χ2n) is 5.89. The number of hydrogen-bond acceptors (Lipinski definition) is 4. The van der Waals surface area contributed by atoms with Crippen molar-refractivity contribution >= 4 is 21.6 Å². The highest BCUT2D eigenvalue weighted by Crippen LogP contribution is 2.32. The molecule has 2 aromatic carbocycles. The van der Waals surface area contributed by atoms with E-state index < -0.39 is 10.0 Å². The summed E-state index contributed by atoms with van der Waals surface area (Å²) in [4.78, 5) is 14.7. The molecule has 0 aliphatic carbocycles. The largest absolute Gasteiger partial charge is 0.490 e. The first-order valence-electron chi connectivity index (χ1n) is 8.63. The Morgan fingerprint density at radius 3 is 2.38 bits per heavy atom. The third kappa shape index (κ3) is 3.32. The molecule has 1 amide bonds. The Kier molecular flexibility index (Phi) is 5.29. The topological polar surface area (TPSA) is 66.9 Å². The Bertz CT molecular complexity index is 890. The normalized spacial score (nSPS) is 14.0. The van der Waals surface area contributed by atoms with Gasteiger partial charge in [0.15, 0.2) is 0 Å². The van der Waals surface area contributed by atoms with E-state index in [9.17, 15) is 13.2 Å². The number of benzene rings is 2. The molecule has 0 unspecified atom stereocenters. The number of fused-ring (bicyclic) bond motifs is 1. The summed E-state index contributed by atoms with van der Waals surface area (Å²) in [6.45, 7) is 5.30. The van der Waals surface area contributed by atoms with Crippen molar-refractivity contribution in [3.63, 3.8) is 0 Å². The summed E-state index contributed by atoms with van der Waals surface area (Å²) >= 11 is 0. The Morgan fingerprint density at radius 1 is 1.08 bits per heavy atom. The van der Waals surface area contributed by atoms with E-state index in [0.29, 0.717) is 37.6 Å². The molecule has 0 bridgehead atoms. The zero-order chi connectivity index (χ0) is 18.7. The van der Waals surface area contributed by atoms with Crippen molar-refractivity contribution in [2.45, 2.75) is 18.7 Å². The smallest absolute Gasteiger partial charge is 0.258 e. The maximum absolute atomic E-state index is 12.9. The van der Waals surface area contributed by atoms with Crippen LogP contribution in [0.25, 0.3) is 0 Å². The van der Waals surface area contributed by atoms with Gasteiger partial charge in [0.05, 0.1) is 17.1 Å². The summed E-state index contributed by atoms with van der Waals surface area (Å²) < 4.78 is 32.1. The van der Waals surface area contributed by atoms with Crippen LogP contribution in [0.5, 0.6) is 5.75 Å². The fraction of sp³-hybridized carbons (Fsp3) is 0.316. The number of carbonyl (C=O) groups is 1. The molecule has 0 spiro atoms. The molecule has 6 nitrogen and oxygen atoms in total. The Hall–Kier alpha value is -2.38. The van der Waals surface area contributed by atoms with Crippen LogP contribution < -0.4 is 9.64 Å². The van der Waals surface area contributed by atoms with E-state index >= 15 is 0 Å². The lowest BCUT2D eigenvalue weighted by Gasteiger charge is -2.29. The van der Waals surface area contributed by atoms with Gasteiger partial charge in [0.25, 0.3) is 5.91 Å². The van der Waals surface area contributed by atoms with Gasteiger partial charge in [-0.3, -0.25) is 4.79 Å². The van der Waals surface area contributed by atoms with E-state index in [4.69, 9.17) is 4.74 Å². The predicted molar refractivity (Wildman–Crippen MR) is 100 cm³/mol. The van der Waals surface area contributed by atoms with Crippen molar-refractivity contribution in [1.29, 1.82) is 0 Å². The van der Waals surface area contributed by atoms with Crippen LogP contribution in [0.3, 0.4) is 0 Å². The summed E-state index contributed by atoms with van der Waals surface area (Å²) in [6, 6.07) is 13.5. The summed E-state index contributed by atoms with van der Waals surface area (Å²) in [6.07, 6.45) is 0. The summed E-state index contributed by atoms with van der Waals surface area (Å²) in [5.74, 6) is 0.500. The molecule has 138 valence electrons. The summed E-state index contributed by atoms with van der Waals surface area (Å²) in [5.41, 5.74) is 1.17. The predicted octanol–water partition coefficient (Wildman–Crippen LogP) is 2.76. The standard InChI is InChI=1S/C19H22N2O4S/c1-3-20(4-2)26(23,24)16-11-9-15(10-12-16)19(22)21-13-14-25-18-8-6-5-7-17(18)21/h5-12H,3-4,13-14H2,1-2H3. The van der Waals surface area contributed by atoms with Crippen molar-refractivity contribution in [1.82, 2.24) is 4.31 Å². The van der Waals surface area contributed by atoms with Gasteiger partial charge in [-0.1, -0.05) is 26.0 Å². The molecule has 0 saturated carbocycles. The van der Waals surface area contributed by atoms with E-state index in [1.807, 2.05) is 24.3 Å². The third-order valence-corrected chi connectivity index (χ3v) is 6.48. The molecule has 1 aliphatic heterocycles. The van der Waals surface area contributed by atoms with Gasteiger partial charge in [0.1, 0.15) is 12.4 Å². The van der Waals surface area contributed by atoms with Crippen molar-refractivity contribution < 1.29 is 17.9 Å². The number of nitrogens with zero attached hydrogens (tertiary/aromatic N) is 2. The third-order valence-electron chi connectivity index (χ3n) is 4.42. The second kappa shape index (κ2) is 7.47. The Balaban J connectivity index is 1.87. The van der Waals surface area contributed by atoms with Gasteiger partial charge in [0, 0.05) is 18.7 Å². The summed E-state index contributed by atoms with van der Waals surface area (Å²) in [7, 11) is -3.53. The minimum absolute atomic E-state index is 0.174. The fourth-order valence-corrected chi connectivity index (χ4v) is 4.48. The Labute approximate surface area is 154 Å². The van der Waals surface area contributed by atoms with Gasteiger partial charge in [-0.2, -0.15) is 4.31 Å². The molecule has 1 aliphatic rings. The van der Waals surface area contributed by atoms with Gasteiger partial charge in [-0.15, -0.1) is 0 Å². The zero-order valence-corrected chi connectivity index (χ0v) is 15.7. The number of sulfonamides is 1. The Morgan fingerprint density at radius 2 is 1.73 bits per heavy atom. The van der Waals surface area contributed by atoms with Crippen LogP contribution in [0.4, 0.5) is 5.69 Å². The number of hydrogen-bond donors (Lipinski definition) is 0. The van der Waals surface area contributed by atoms with Crippen LogP contribution in [0, 0.1) is 0 Å². The first-order chi connectivity index (χ1) is 12.5. The van der Waals surface area contributed by atoms with Gasteiger partial charge in [-0.05, 0) is 36.4 Å². The van der Waals surface area contributed by atoms with Gasteiger partial charge in [0.2, 0.25) is 10.0 Å². The van der Waals surface area contributed by atoms with E-state index in [1.165, 1.54) is 16.4 Å². The monoisotopic (exact) mass is 374 g/mol. The highest BCUT2D eigenvalue weighted by atomic mass is 32.2. The molecule has 0 aromatic heterocycles. The van der Waals surface area contributed by atoms with Crippen molar-refractivity contribution in [3.8, 4) is 5.75 Å². The van der Waals surface area contributed by atoms with Crippen LogP contribution in [-0.4, -0.2) is 44.9 Å². The van der Waals surface area contributed by atoms with Crippen LogP contribution in [0.1, 0.15) is 24.2 Å². The van der Waals surface area contributed by atoms with Crippen LogP contribution in [0.2, 0.25) is 0 Å². The number of ether oxygens (including phenoxy) is 1. The maximum Gasteiger partial charge on any atom is 0.258 e. The highest BCUT2D eigenvalue weighted by molar-refractivity contribution is 7.89. The van der Waals surface area contributed by atoms with Crippen LogP contribution >= 0.6 is 0 Å². The lowest BCUT2D eigenvalue weighted by Crippen LogP contribution is -2.38. The molecule has 0 atom stereocenters. The van der Waals surface area contributed by atoms with E-state index in [-0.39, 0.29) is 10.8 Å². The molecule has 0 saturated heterocycles. The van der Waals surface area contributed by atoms with Gasteiger partial charge < -0.3 is 9.64 Å². The molecule has 2 aromatic rings. The zero-order valence-electron chi connectivity index (χ0n) is 14.9. The molecule has 7 heteroatoms. The number of para-hydroxylation sites is 2. The molecular formula is C19H22N2O4S. The van der Waals surface area contributed by atoms with Crippen LogP contribution in [-0.2, 0) is 10.0 Å². The first-order valence-corrected chi connectivity index (χ1v) is 10.1. The van der Waals surface area contributed by atoms with E-state index in [0.717, 1.165) is 5.69 Å². The quantitative estimate of drug-likeness (QED) is 0.807. The molecule has 3 rings (SSSR count). The molecule has 0 fully saturated rings. The molecule has 0 N–H and O–H groups in total. The second-order valence-corrected chi connectivity index (χ2v) is 7.82. The average Bonchev–Trinajstić information content (AvgIpc) is 2.68. The fourth-order valence-electron chi connectivity index (χ4n) is 3.02. The van der Waals surface area contributed by atoms with Crippen molar-refractivity contribution in [3.05, 3.63) is 54.1 Å². The maximum atomic E-state index is 12.9. The number of rotatable bonds is 5. The molecular weight excluding hydrogens is 352 g/mol.